The molecule has 1 N–H and O–H groups in total. The highest BCUT2D eigenvalue weighted by molar-refractivity contribution is 7.74. The van der Waals surface area contributed by atoms with Crippen molar-refractivity contribution in [3.63, 3.8) is 0 Å². The number of hydrogen-bond donors (Lipinski definition) is 1. The summed E-state index contributed by atoms with van der Waals surface area (Å²) in [5.74, 6) is 0.279. The van der Waals surface area contributed by atoms with E-state index >= 15 is 0 Å². The SMILES string of the molecule is CC(C)C(C)OS(=O)O. The molecule has 0 spiro atoms. The minimum absolute atomic E-state index is 0.157. The lowest BCUT2D eigenvalue weighted by molar-refractivity contribution is 0.173. The van der Waals surface area contributed by atoms with Crippen molar-refractivity contribution in [1.82, 2.24) is 0 Å². The maximum absolute atomic E-state index is 10.0. The topological polar surface area (TPSA) is 46.5 Å². The zero-order valence-electron chi connectivity index (χ0n) is 5.83. The Hall–Kier alpha value is 0.0700. The first-order valence-electron chi connectivity index (χ1n) is 2.82. The molecule has 0 bridgehead atoms. The van der Waals surface area contributed by atoms with E-state index in [-0.39, 0.29) is 12.0 Å². The third-order valence-electron chi connectivity index (χ3n) is 1.17. The normalized spacial score (nSPS) is 17.9. The average Bonchev–Trinajstić information content (AvgIpc) is 1.63. The van der Waals surface area contributed by atoms with E-state index in [0.29, 0.717) is 0 Å². The van der Waals surface area contributed by atoms with Gasteiger partial charge >= 0.3 is 11.4 Å². The van der Waals surface area contributed by atoms with E-state index in [1.807, 2.05) is 13.8 Å². The standard InChI is InChI=1S/C5H12O3S/c1-4(2)5(3)8-9(6)7/h4-5H,1-3H3,(H,6,7). The third-order valence-corrected chi connectivity index (χ3v) is 1.64. The first kappa shape index (κ1) is 9.07. The van der Waals surface area contributed by atoms with Crippen LogP contribution in [0.25, 0.3) is 0 Å². The number of hydrogen-bond acceptors (Lipinski definition) is 2. The van der Waals surface area contributed by atoms with Gasteiger partial charge in [-0.25, -0.2) is 0 Å². The summed E-state index contributed by atoms with van der Waals surface area (Å²) in [5, 5.41) is 0. The molecule has 0 aromatic heterocycles. The molecular weight excluding hydrogens is 140 g/mol. The Morgan fingerprint density at radius 2 is 1.89 bits per heavy atom. The molecule has 0 aromatic rings. The van der Waals surface area contributed by atoms with Gasteiger partial charge in [-0.15, -0.1) is 0 Å². The van der Waals surface area contributed by atoms with Crippen molar-refractivity contribution in [3.05, 3.63) is 0 Å². The molecule has 0 aromatic carbocycles. The van der Waals surface area contributed by atoms with Crippen LogP contribution in [0.5, 0.6) is 0 Å². The van der Waals surface area contributed by atoms with E-state index in [1.165, 1.54) is 0 Å². The van der Waals surface area contributed by atoms with Gasteiger partial charge in [-0.05, 0) is 12.8 Å². The van der Waals surface area contributed by atoms with Crippen LogP contribution in [-0.2, 0) is 15.5 Å². The number of rotatable bonds is 3. The van der Waals surface area contributed by atoms with Crippen LogP contribution >= 0.6 is 0 Å². The molecule has 0 aliphatic carbocycles. The van der Waals surface area contributed by atoms with Crippen molar-refractivity contribution in [2.45, 2.75) is 26.9 Å². The average molecular weight is 152 g/mol. The first-order chi connectivity index (χ1) is 4.04. The molecule has 3 nitrogen and oxygen atoms in total. The second kappa shape index (κ2) is 3.98. The zero-order chi connectivity index (χ0) is 7.44. The van der Waals surface area contributed by atoms with Crippen LogP contribution in [0.4, 0.5) is 0 Å². The smallest absolute Gasteiger partial charge is 0.284 e. The Kier molecular flexibility index (Phi) is 4.01. The molecule has 4 heteroatoms. The van der Waals surface area contributed by atoms with Gasteiger partial charge in [0.1, 0.15) is 0 Å². The lowest BCUT2D eigenvalue weighted by atomic mass is 10.1. The molecule has 0 saturated heterocycles. The van der Waals surface area contributed by atoms with E-state index in [1.54, 1.807) is 6.92 Å². The predicted octanol–water partition coefficient (Wildman–Crippen LogP) is 1.18. The second-order valence-corrected chi connectivity index (χ2v) is 2.89. The van der Waals surface area contributed by atoms with Crippen molar-refractivity contribution in [2.24, 2.45) is 5.92 Å². The minimum atomic E-state index is -2.12. The molecule has 2 atom stereocenters. The highest BCUT2D eigenvalue weighted by Gasteiger charge is 2.09. The van der Waals surface area contributed by atoms with Gasteiger partial charge in [0.05, 0.1) is 6.10 Å². The van der Waals surface area contributed by atoms with Crippen molar-refractivity contribution in [3.8, 4) is 0 Å². The molecule has 0 fully saturated rings. The van der Waals surface area contributed by atoms with E-state index in [2.05, 4.69) is 4.18 Å². The van der Waals surface area contributed by atoms with Crippen LogP contribution in [-0.4, -0.2) is 14.9 Å². The molecule has 0 amide bonds. The van der Waals surface area contributed by atoms with E-state index in [0.717, 1.165) is 0 Å². The van der Waals surface area contributed by atoms with E-state index in [9.17, 15) is 4.21 Å². The lowest BCUT2D eigenvalue weighted by Crippen LogP contribution is -2.16. The maximum atomic E-state index is 10.0. The fourth-order valence-corrected chi connectivity index (χ4v) is 0.723. The van der Waals surface area contributed by atoms with Gasteiger partial charge in [0.15, 0.2) is 0 Å². The van der Waals surface area contributed by atoms with Crippen LogP contribution < -0.4 is 0 Å². The highest BCUT2D eigenvalue weighted by Crippen LogP contribution is 2.05. The molecule has 0 rings (SSSR count). The monoisotopic (exact) mass is 152 g/mol. The lowest BCUT2D eigenvalue weighted by Gasteiger charge is -2.11. The Balaban J connectivity index is 3.50. The minimum Gasteiger partial charge on any atom is -0.284 e. The fourth-order valence-electron chi connectivity index (χ4n) is 0.241. The van der Waals surface area contributed by atoms with Crippen LogP contribution in [0, 0.1) is 5.92 Å². The third kappa shape index (κ3) is 4.57. The summed E-state index contributed by atoms with van der Waals surface area (Å²) in [6.45, 7) is 5.62. The summed E-state index contributed by atoms with van der Waals surface area (Å²) in [5.41, 5.74) is 0. The molecule has 2 unspecified atom stereocenters. The molecule has 0 saturated carbocycles. The van der Waals surface area contributed by atoms with Gasteiger partial charge in [-0.1, -0.05) is 13.8 Å². The summed E-state index contributed by atoms with van der Waals surface area (Å²) in [4.78, 5) is 0. The summed E-state index contributed by atoms with van der Waals surface area (Å²) < 4.78 is 22.8. The van der Waals surface area contributed by atoms with Crippen LogP contribution in [0.2, 0.25) is 0 Å². The quantitative estimate of drug-likeness (QED) is 0.618. The molecular formula is C5H12O3S. The Labute approximate surface area is 57.9 Å². The van der Waals surface area contributed by atoms with Gasteiger partial charge in [0.25, 0.3) is 0 Å². The summed E-state index contributed by atoms with van der Waals surface area (Å²) >= 11 is -2.12. The summed E-state index contributed by atoms with van der Waals surface area (Å²) in [7, 11) is 0. The van der Waals surface area contributed by atoms with Gasteiger partial charge in [0.2, 0.25) is 0 Å². The Bertz CT molecular complexity index is 102. The first-order valence-corrected chi connectivity index (χ1v) is 3.85. The molecule has 0 aliphatic heterocycles. The highest BCUT2D eigenvalue weighted by atomic mass is 32.2. The van der Waals surface area contributed by atoms with Gasteiger partial charge in [0, 0.05) is 0 Å². The molecule has 0 radical (unpaired) electrons. The molecule has 0 aliphatic rings. The second-order valence-electron chi connectivity index (χ2n) is 2.26. The van der Waals surface area contributed by atoms with Crippen molar-refractivity contribution >= 4 is 11.4 Å². The Morgan fingerprint density at radius 1 is 1.44 bits per heavy atom. The molecule has 56 valence electrons. The predicted molar refractivity (Wildman–Crippen MR) is 36.2 cm³/mol. The van der Waals surface area contributed by atoms with Crippen LogP contribution in [0.3, 0.4) is 0 Å². The zero-order valence-corrected chi connectivity index (χ0v) is 6.64. The van der Waals surface area contributed by atoms with Crippen molar-refractivity contribution in [2.75, 3.05) is 0 Å². The summed E-state index contributed by atoms with van der Waals surface area (Å²) in [6.07, 6.45) is -0.157. The molecule has 9 heavy (non-hydrogen) atoms. The fraction of sp³-hybridized carbons (Fsp3) is 1.00. The van der Waals surface area contributed by atoms with E-state index < -0.39 is 11.4 Å². The van der Waals surface area contributed by atoms with Gasteiger partial charge < -0.3 is 0 Å². The van der Waals surface area contributed by atoms with Gasteiger partial charge in [-0.3, -0.25) is 8.74 Å². The maximum Gasteiger partial charge on any atom is 0.302 e. The van der Waals surface area contributed by atoms with E-state index in [4.69, 9.17) is 4.55 Å². The Morgan fingerprint density at radius 3 is 2.00 bits per heavy atom. The van der Waals surface area contributed by atoms with Crippen LogP contribution in [0.15, 0.2) is 0 Å². The van der Waals surface area contributed by atoms with Crippen molar-refractivity contribution in [1.29, 1.82) is 0 Å². The van der Waals surface area contributed by atoms with Crippen molar-refractivity contribution < 1.29 is 12.9 Å². The molecule has 0 heterocycles. The largest absolute Gasteiger partial charge is 0.302 e. The van der Waals surface area contributed by atoms with Crippen LogP contribution in [0.1, 0.15) is 20.8 Å². The van der Waals surface area contributed by atoms with Gasteiger partial charge in [-0.2, -0.15) is 4.21 Å². The summed E-state index contributed by atoms with van der Waals surface area (Å²) in [6, 6.07) is 0.